The van der Waals surface area contributed by atoms with Crippen molar-refractivity contribution in [1.82, 2.24) is 4.98 Å². The van der Waals surface area contributed by atoms with Gasteiger partial charge in [0.2, 0.25) is 0 Å². The largest absolute Gasteiger partial charge is 0.296 e. The maximum Gasteiger partial charge on any atom is 0.0607 e. The molecule has 1 aliphatic carbocycles. The van der Waals surface area contributed by atoms with E-state index in [0.717, 1.165) is 16.8 Å². The van der Waals surface area contributed by atoms with E-state index in [1.54, 1.807) is 0 Å². The first kappa shape index (κ1) is 16.1. The Hall–Kier alpha value is -1.76. The zero-order chi connectivity index (χ0) is 15.3. The second-order valence-corrected chi connectivity index (χ2v) is 6.91. The molecule has 2 aromatic carbocycles. The Labute approximate surface area is 150 Å². The first-order valence-electron chi connectivity index (χ1n) is 7.67. The average Bonchev–Trinajstić information content (AvgIpc) is 2.92. The molecule has 4 rings (SSSR count). The second kappa shape index (κ2) is 5.70. The molecule has 3 aromatic rings. The molecule has 0 N–H and O–H groups in total. The van der Waals surface area contributed by atoms with Crippen molar-refractivity contribution in [3.05, 3.63) is 65.2 Å². The molecule has 0 amide bonds. The predicted molar refractivity (Wildman–Crippen MR) is 93.6 cm³/mol. The van der Waals surface area contributed by atoms with Crippen LogP contribution in [0.4, 0.5) is 0 Å². The summed E-state index contributed by atoms with van der Waals surface area (Å²) in [4.78, 5) is 4.83. The molecule has 117 valence electrons. The number of pyridine rings is 1. The van der Waals surface area contributed by atoms with Gasteiger partial charge >= 0.3 is 0 Å². The molecule has 0 aliphatic heterocycles. The van der Waals surface area contributed by atoms with Gasteiger partial charge in [-0.3, -0.25) is 4.98 Å². The van der Waals surface area contributed by atoms with E-state index >= 15 is 0 Å². The van der Waals surface area contributed by atoms with E-state index in [2.05, 4.69) is 81.5 Å². The summed E-state index contributed by atoms with van der Waals surface area (Å²) >= 11 is 0. The van der Waals surface area contributed by atoms with Crippen molar-refractivity contribution < 1.29 is 20.1 Å². The number of hydrogen-bond acceptors (Lipinski definition) is 1. The van der Waals surface area contributed by atoms with Crippen molar-refractivity contribution in [2.24, 2.45) is 0 Å². The third-order valence-electron chi connectivity index (χ3n) is 4.29. The summed E-state index contributed by atoms with van der Waals surface area (Å²) in [6.45, 7) is 6.66. The maximum absolute atomic E-state index is 4.83. The fourth-order valence-corrected chi connectivity index (χ4v) is 2.99. The van der Waals surface area contributed by atoms with Crippen LogP contribution in [0.15, 0.2) is 42.5 Å². The van der Waals surface area contributed by atoms with E-state index in [1.807, 2.05) is 0 Å². The normalized spacial score (nSPS) is 12.5. The molecule has 1 aromatic heterocycles. The van der Waals surface area contributed by atoms with Crippen LogP contribution in [0.2, 0.25) is 0 Å². The average molecular weight is 477 g/mol. The molecule has 1 radical (unpaired) electrons. The Morgan fingerprint density at radius 2 is 1.74 bits per heavy atom. The monoisotopic (exact) mass is 477 g/mol. The number of rotatable bonds is 1. The fraction of sp³-hybridized carbons (Fsp3) is 0.190. The molecular formula is C21H18IrN-. The molecule has 0 fully saturated rings. The molecule has 0 atom stereocenters. The van der Waals surface area contributed by atoms with Gasteiger partial charge < -0.3 is 0 Å². The van der Waals surface area contributed by atoms with Crippen LogP contribution in [-0.4, -0.2) is 4.98 Å². The molecule has 0 saturated carbocycles. The minimum atomic E-state index is 0. The van der Waals surface area contributed by atoms with Crippen molar-refractivity contribution >= 4 is 23.1 Å². The quantitative estimate of drug-likeness (QED) is 0.332. The second-order valence-electron chi connectivity index (χ2n) is 6.91. The van der Waals surface area contributed by atoms with Gasteiger partial charge in [-0.15, -0.1) is 35.4 Å². The van der Waals surface area contributed by atoms with Gasteiger partial charge in [0.25, 0.3) is 0 Å². The van der Waals surface area contributed by atoms with E-state index < -0.39 is 0 Å². The number of hydrogen-bond donors (Lipinski definition) is 0. The van der Waals surface area contributed by atoms with Crippen molar-refractivity contribution in [2.45, 2.75) is 26.2 Å². The summed E-state index contributed by atoms with van der Waals surface area (Å²) in [7, 11) is 0. The molecular weight excluding hydrogens is 458 g/mol. The van der Waals surface area contributed by atoms with Crippen LogP contribution in [0, 0.1) is 6.07 Å². The summed E-state index contributed by atoms with van der Waals surface area (Å²) in [6, 6.07) is 18.3. The molecule has 0 spiro atoms. The Balaban J connectivity index is 0.00000156. The van der Waals surface area contributed by atoms with Crippen LogP contribution in [0.25, 0.3) is 34.3 Å². The van der Waals surface area contributed by atoms with Crippen LogP contribution in [0.3, 0.4) is 0 Å². The minimum absolute atomic E-state index is 0. The Bertz CT molecular complexity index is 900. The van der Waals surface area contributed by atoms with E-state index in [4.69, 9.17) is 4.98 Å². The standard InChI is InChI=1S/C21H18N.Ir/c1-21(2,3)17-11-9-14(10-12-17)19-13-16-8-7-15-5-4-6-18(22-19)20(15)16;/h4-9,11-13H,1-3H3;/q-1;. The molecule has 0 saturated heterocycles. The summed E-state index contributed by atoms with van der Waals surface area (Å²) in [5.74, 6) is 0. The van der Waals surface area contributed by atoms with Crippen molar-refractivity contribution in [2.75, 3.05) is 0 Å². The van der Waals surface area contributed by atoms with Gasteiger partial charge in [-0.2, -0.15) is 0 Å². The minimum Gasteiger partial charge on any atom is -0.296 e. The zero-order valence-electron chi connectivity index (χ0n) is 13.5. The predicted octanol–water partition coefficient (Wildman–Crippen LogP) is 5.48. The van der Waals surface area contributed by atoms with Crippen molar-refractivity contribution in [3.8, 4) is 11.3 Å². The molecule has 1 aliphatic rings. The Morgan fingerprint density at radius 1 is 0.957 bits per heavy atom. The first-order valence-corrected chi connectivity index (χ1v) is 7.67. The van der Waals surface area contributed by atoms with Crippen LogP contribution >= 0.6 is 0 Å². The summed E-state index contributed by atoms with van der Waals surface area (Å²) in [5.41, 5.74) is 7.07. The summed E-state index contributed by atoms with van der Waals surface area (Å²) in [5, 5.41) is 1.26. The molecule has 1 heterocycles. The fourth-order valence-electron chi connectivity index (χ4n) is 2.99. The van der Waals surface area contributed by atoms with Crippen LogP contribution in [0.5, 0.6) is 0 Å². The zero-order valence-corrected chi connectivity index (χ0v) is 15.9. The van der Waals surface area contributed by atoms with Gasteiger partial charge in [0.05, 0.1) is 5.52 Å². The number of nitrogens with zero attached hydrogens (tertiary/aromatic N) is 1. The van der Waals surface area contributed by atoms with Gasteiger partial charge in [0.15, 0.2) is 0 Å². The van der Waals surface area contributed by atoms with Gasteiger partial charge in [-0.05, 0) is 28.3 Å². The van der Waals surface area contributed by atoms with Crippen molar-refractivity contribution in [1.29, 1.82) is 0 Å². The van der Waals surface area contributed by atoms with E-state index in [-0.39, 0.29) is 25.5 Å². The van der Waals surface area contributed by atoms with Gasteiger partial charge in [-0.25, -0.2) is 0 Å². The van der Waals surface area contributed by atoms with E-state index in [9.17, 15) is 0 Å². The summed E-state index contributed by atoms with van der Waals surface area (Å²) in [6.07, 6.45) is 4.34. The molecule has 23 heavy (non-hydrogen) atoms. The SMILES string of the molecule is CC(C)(C)c1c[c-]c(-c2cc3c4c(cccc4n2)C=C3)cc1.[Ir]. The smallest absolute Gasteiger partial charge is 0.0607 e. The van der Waals surface area contributed by atoms with E-state index in [1.165, 1.54) is 22.1 Å². The van der Waals surface area contributed by atoms with E-state index in [0.29, 0.717) is 0 Å². The molecule has 0 unspecified atom stereocenters. The Kier molecular flexibility index (Phi) is 4.00. The molecule has 0 bridgehead atoms. The summed E-state index contributed by atoms with van der Waals surface area (Å²) < 4.78 is 0. The number of aromatic nitrogens is 1. The third-order valence-corrected chi connectivity index (χ3v) is 4.29. The molecule has 1 nitrogen and oxygen atoms in total. The van der Waals surface area contributed by atoms with Gasteiger partial charge in [0.1, 0.15) is 0 Å². The van der Waals surface area contributed by atoms with Crippen LogP contribution in [0.1, 0.15) is 37.5 Å². The molecule has 2 heteroatoms. The topological polar surface area (TPSA) is 12.9 Å². The van der Waals surface area contributed by atoms with Gasteiger partial charge in [-0.1, -0.05) is 51.1 Å². The third kappa shape index (κ3) is 2.78. The maximum atomic E-state index is 4.83. The number of benzene rings is 2. The Morgan fingerprint density at radius 3 is 2.43 bits per heavy atom. The van der Waals surface area contributed by atoms with Crippen LogP contribution < -0.4 is 0 Å². The first-order chi connectivity index (χ1) is 10.5. The van der Waals surface area contributed by atoms with Crippen LogP contribution in [-0.2, 0) is 25.5 Å². The van der Waals surface area contributed by atoms with Gasteiger partial charge in [0, 0.05) is 25.5 Å². The van der Waals surface area contributed by atoms with Crippen molar-refractivity contribution in [3.63, 3.8) is 0 Å².